The Morgan fingerprint density at radius 1 is 1.32 bits per heavy atom. The molecule has 1 fully saturated rings. The Morgan fingerprint density at radius 3 is 2.68 bits per heavy atom. The number of methoxy groups -OCH3 is 1. The van der Waals surface area contributed by atoms with Crippen molar-refractivity contribution in [1.82, 2.24) is 0 Å². The van der Waals surface area contributed by atoms with Crippen LogP contribution >= 0.6 is 11.6 Å². The summed E-state index contributed by atoms with van der Waals surface area (Å²) in [5.41, 5.74) is 0.864. The molecule has 1 saturated carbocycles. The average molecular weight is 281 g/mol. The summed E-state index contributed by atoms with van der Waals surface area (Å²) in [6.07, 6.45) is 7.86. The highest BCUT2D eigenvalue weighted by Crippen LogP contribution is 2.32. The van der Waals surface area contributed by atoms with Gasteiger partial charge in [-0.25, -0.2) is 0 Å². The number of allylic oxidation sites excluding steroid dienone is 1. The number of hydrogen-bond donors (Lipinski definition) is 0. The lowest BCUT2D eigenvalue weighted by Crippen LogP contribution is -2.11. The quantitative estimate of drug-likeness (QED) is 0.608. The molecule has 0 spiro atoms. The lowest BCUT2D eigenvalue weighted by molar-refractivity contribution is -0.107. The van der Waals surface area contributed by atoms with Gasteiger partial charge in [0.05, 0.1) is 13.2 Å². The van der Waals surface area contributed by atoms with Gasteiger partial charge in [-0.15, -0.1) is 0 Å². The van der Waals surface area contributed by atoms with Gasteiger partial charge in [-0.2, -0.15) is 0 Å². The van der Waals surface area contributed by atoms with Crippen LogP contribution < -0.4 is 9.47 Å². The van der Waals surface area contributed by atoms with Gasteiger partial charge in [0.25, 0.3) is 0 Å². The summed E-state index contributed by atoms with van der Waals surface area (Å²) in [7, 11) is 1.62. The number of carbonyl (C=O) groups is 1. The van der Waals surface area contributed by atoms with E-state index in [0.717, 1.165) is 24.2 Å². The molecule has 0 aromatic heterocycles. The molecule has 0 bridgehead atoms. The fourth-order valence-corrected chi connectivity index (χ4v) is 2.30. The van der Waals surface area contributed by atoms with E-state index in [2.05, 4.69) is 0 Å². The van der Waals surface area contributed by atoms with Gasteiger partial charge in [-0.05, 0) is 61.1 Å². The van der Waals surface area contributed by atoms with Crippen LogP contribution in [0.15, 0.2) is 24.3 Å². The van der Waals surface area contributed by atoms with Crippen molar-refractivity contribution in [3.63, 3.8) is 0 Å². The van der Waals surface area contributed by atoms with Gasteiger partial charge in [0.1, 0.15) is 0 Å². The van der Waals surface area contributed by atoms with E-state index in [1.54, 1.807) is 13.2 Å². The molecule has 1 aliphatic rings. The van der Waals surface area contributed by atoms with Gasteiger partial charge in [0.15, 0.2) is 11.5 Å². The Bertz CT molecular complexity index is 476. The predicted octanol–water partition coefficient (Wildman–Crippen LogP) is 3.80. The maximum absolute atomic E-state index is 10.7. The van der Waals surface area contributed by atoms with Crippen LogP contribution in [0.25, 0.3) is 6.08 Å². The molecule has 1 aromatic rings. The van der Waals surface area contributed by atoms with Crippen molar-refractivity contribution < 1.29 is 14.3 Å². The van der Waals surface area contributed by atoms with E-state index in [1.807, 2.05) is 18.2 Å². The SMILES string of the molecule is COc1ccc(/C=C/C(=O)Cl)cc1OC1CCCC1. The summed E-state index contributed by atoms with van der Waals surface area (Å²) in [4.78, 5) is 10.7. The highest BCUT2D eigenvalue weighted by Gasteiger charge is 2.18. The number of carbonyl (C=O) groups excluding carboxylic acids is 1. The minimum absolute atomic E-state index is 0.266. The molecule has 1 aliphatic carbocycles. The molecule has 0 radical (unpaired) electrons. The highest BCUT2D eigenvalue weighted by atomic mass is 35.5. The molecule has 1 aromatic carbocycles. The number of ether oxygens (including phenoxy) is 2. The van der Waals surface area contributed by atoms with Gasteiger partial charge < -0.3 is 9.47 Å². The van der Waals surface area contributed by atoms with Crippen LogP contribution in [-0.2, 0) is 4.79 Å². The summed E-state index contributed by atoms with van der Waals surface area (Å²) < 4.78 is 11.3. The number of benzene rings is 1. The van der Waals surface area contributed by atoms with Crippen molar-refractivity contribution >= 4 is 22.9 Å². The molecule has 0 atom stereocenters. The number of halogens is 1. The number of rotatable bonds is 5. The van der Waals surface area contributed by atoms with Crippen LogP contribution in [0.2, 0.25) is 0 Å². The fraction of sp³-hybridized carbons (Fsp3) is 0.400. The number of hydrogen-bond acceptors (Lipinski definition) is 3. The first kappa shape index (κ1) is 13.9. The van der Waals surface area contributed by atoms with E-state index >= 15 is 0 Å². The van der Waals surface area contributed by atoms with Crippen molar-refractivity contribution in [2.45, 2.75) is 31.8 Å². The summed E-state index contributed by atoms with van der Waals surface area (Å²) >= 11 is 5.28. The van der Waals surface area contributed by atoms with E-state index in [9.17, 15) is 4.79 Å². The van der Waals surface area contributed by atoms with Crippen LogP contribution in [0.4, 0.5) is 0 Å². The van der Waals surface area contributed by atoms with E-state index in [1.165, 1.54) is 18.9 Å². The van der Waals surface area contributed by atoms with Crippen LogP contribution in [0.1, 0.15) is 31.2 Å². The molecule has 0 N–H and O–H groups in total. The predicted molar refractivity (Wildman–Crippen MR) is 75.8 cm³/mol. The third-order valence-electron chi connectivity index (χ3n) is 3.19. The second kappa shape index (κ2) is 6.62. The van der Waals surface area contributed by atoms with Crippen LogP contribution in [0, 0.1) is 0 Å². The fourth-order valence-electron chi connectivity index (χ4n) is 2.24. The van der Waals surface area contributed by atoms with Crippen molar-refractivity contribution in [2.75, 3.05) is 7.11 Å². The Balaban J connectivity index is 2.17. The molecule has 0 amide bonds. The molecule has 102 valence electrons. The molecule has 2 rings (SSSR count). The van der Waals surface area contributed by atoms with E-state index < -0.39 is 5.24 Å². The third-order valence-corrected chi connectivity index (χ3v) is 3.32. The smallest absolute Gasteiger partial charge is 0.245 e. The standard InChI is InChI=1S/C15H17ClO3/c1-18-13-8-6-11(7-9-15(16)17)10-14(13)19-12-4-2-3-5-12/h6-10,12H,2-5H2,1H3/b9-7+. The zero-order valence-corrected chi connectivity index (χ0v) is 11.7. The van der Waals surface area contributed by atoms with Crippen molar-refractivity contribution in [1.29, 1.82) is 0 Å². The van der Waals surface area contributed by atoms with Crippen molar-refractivity contribution in [3.8, 4) is 11.5 Å². The van der Waals surface area contributed by atoms with Gasteiger partial charge in [0.2, 0.25) is 5.24 Å². The summed E-state index contributed by atoms with van der Waals surface area (Å²) in [5, 5.41) is -0.492. The normalized spacial score (nSPS) is 15.9. The van der Waals surface area contributed by atoms with Gasteiger partial charge in [0, 0.05) is 0 Å². The minimum atomic E-state index is -0.492. The molecule has 0 unspecified atom stereocenters. The highest BCUT2D eigenvalue weighted by molar-refractivity contribution is 6.66. The van der Waals surface area contributed by atoms with Crippen molar-refractivity contribution in [3.05, 3.63) is 29.8 Å². The molecule has 0 heterocycles. The Labute approximate surface area is 118 Å². The van der Waals surface area contributed by atoms with E-state index in [-0.39, 0.29) is 6.10 Å². The Morgan fingerprint density at radius 2 is 2.05 bits per heavy atom. The average Bonchev–Trinajstić information content (AvgIpc) is 2.89. The Hall–Kier alpha value is -1.48. The zero-order chi connectivity index (χ0) is 13.7. The van der Waals surface area contributed by atoms with Crippen LogP contribution in [0.5, 0.6) is 11.5 Å². The molecule has 4 heteroatoms. The first-order chi connectivity index (χ1) is 9.19. The van der Waals surface area contributed by atoms with Gasteiger partial charge >= 0.3 is 0 Å². The third kappa shape index (κ3) is 4.00. The maximum Gasteiger partial charge on any atom is 0.245 e. The molecule has 3 nitrogen and oxygen atoms in total. The second-order valence-electron chi connectivity index (χ2n) is 4.57. The Kier molecular flexibility index (Phi) is 4.86. The zero-order valence-electron chi connectivity index (χ0n) is 10.9. The minimum Gasteiger partial charge on any atom is -0.493 e. The molecule has 19 heavy (non-hydrogen) atoms. The van der Waals surface area contributed by atoms with Gasteiger partial charge in [-0.1, -0.05) is 12.1 Å². The van der Waals surface area contributed by atoms with Crippen LogP contribution in [0.3, 0.4) is 0 Å². The first-order valence-electron chi connectivity index (χ1n) is 6.41. The van der Waals surface area contributed by atoms with Crippen LogP contribution in [-0.4, -0.2) is 18.5 Å². The van der Waals surface area contributed by atoms with Gasteiger partial charge in [-0.3, -0.25) is 4.79 Å². The lowest BCUT2D eigenvalue weighted by Gasteiger charge is -2.16. The summed E-state index contributed by atoms with van der Waals surface area (Å²) in [6.45, 7) is 0. The monoisotopic (exact) mass is 280 g/mol. The second-order valence-corrected chi connectivity index (χ2v) is 4.94. The van der Waals surface area contributed by atoms with E-state index in [4.69, 9.17) is 21.1 Å². The topological polar surface area (TPSA) is 35.5 Å². The van der Waals surface area contributed by atoms with Crippen molar-refractivity contribution in [2.24, 2.45) is 0 Å². The molecular formula is C15H17ClO3. The van der Waals surface area contributed by atoms with E-state index in [0.29, 0.717) is 5.75 Å². The summed E-state index contributed by atoms with van der Waals surface area (Å²) in [6, 6.07) is 5.56. The largest absolute Gasteiger partial charge is 0.493 e. The lowest BCUT2D eigenvalue weighted by atomic mass is 10.2. The molecule has 0 saturated heterocycles. The molecule has 0 aliphatic heterocycles. The maximum atomic E-state index is 10.7. The summed E-state index contributed by atoms with van der Waals surface area (Å²) in [5.74, 6) is 1.43. The first-order valence-corrected chi connectivity index (χ1v) is 6.79. The molecular weight excluding hydrogens is 264 g/mol.